The second-order valence-electron chi connectivity index (χ2n) is 5.20. The summed E-state index contributed by atoms with van der Waals surface area (Å²) in [4.78, 5) is 14.2. The Balaban J connectivity index is 2.15. The van der Waals surface area contributed by atoms with Crippen LogP contribution in [0, 0.1) is 6.92 Å². The maximum atomic E-state index is 12.4. The van der Waals surface area contributed by atoms with Crippen LogP contribution in [-0.2, 0) is 7.05 Å². The number of hydrogen-bond acceptors (Lipinski definition) is 3. The second-order valence-corrected chi connectivity index (χ2v) is 5.20. The molecule has 1 heterocycles. The van der Waals surface area contributed by atoms with Crippen LogP contribution in [0.3, 0.4) is 0 Å². The molecule has 1 fully saturated rings. The summed E-state index contributed by atoms with van der Waals surface area (Å²) < 4.78 is 1.72. The van der Waals surface area contributed by atoms with E-state index in [1.165, 1.54) is 6.42 Å². The van der Waals surface area contributed by atoms with Gasteiger partial charge in [-0.1, -0.05) is 12.8 Å². The topological polar surface area (TPSA) is 64.2 Å². The van der Waals surface area contributed by atoms with E-state index >= 15 is 0 Å². The van der Waals surface area contributed by atoms with Crippen molar-refractivity contribution >= 4 is 5.91 Å². The molecule has 2 rings (SSSR count). The van der Waals surface area contributed by atoms with E-state index in [4.69, 9.17) is 5.73 Å². The van der Waals surface area contributed by atoms with Crippen LogP contribution in [0.15, 0.2) is 6.20 Å². The lowest BCUT2D eigenvalue weighted by atomic mass is 9.90. The Labute approximate surface area is 108 Å². The molecule has 0 bridgehead atoms. The molecular weight excluding hydrogens is 228 g/mol. The van der Waals surface area contributed by atoms with Crippen molar-refractivity contribution in [2.75, 3.05) is 7.05 Å². The van der Waals surface area contributed by atoms with Gasteiger partial charge in [0.05, 0.1) is 11.8 Å². The number of carbonyl (C=O) groups is 1. The summed E-state index contributed by atoms with van der Waals surface area (Å²) in [6, 6.07) is 0.260. The molecule has 18 heavy (non-hydrogen) atoms. The average Bonchev–Trinajstić information content (AvgIpc) is 2.69. The van der Waals surface area contributed by atoms with Crippen molar-refractivity contribution in [2.24, 2.45) is 12.8 Å². The third kappa shape index (κ3) is 2.27. The van der Waals surface area contributed by atoms with Gasteiger partial charge in [-0.05, 0) is 19.8 Å². The summed E-state index contributed by atoms with van der Waals surface area (Å²) in [6.07, 6.45) is 5.98. The van der Waals surface area contributed by atoms with Crippen LogP contribution in [-0.4, -0.2) is 39.7 Å². The van der Waals surface area contributed by atoms with Crippen molar-refractivity contribution in [2.45, 2.75) is 44.7 Å². The van der Waals surface area contributed by atoms with Crippen molar-refractivity contribution in [3.8, 4) is 0 Å². The summed E-state index contributed by atoms with van der Waals surface area (Å²) >= 11 is 0. The number of rotatable bonds is 2. The molecule has 2 atom stereocenters. The number of amides is 1. The smallest absolute Gasteiger partial charge is 0.257 e. The highest BCUT2D eigenvalue weighted by Crippen LogP contribution is 2.22. The minimum Gasteiger partial charge on any atom is -0.337 e. The predicted octanol–water partition coefficient (Wildman–Crippen LogP) is 1.07. The monoisotopic (exact) mass is 250 g/mol. The van der Waals surface area contributed by atoms with Crippen molar-refractivity contribution < 1.29 is 4.79 Å². The van der Waals surface area contributed by atoms with E-state index in [1.54, 1.807) is 15.8 Å². The zero-order valence-corrected chi connectivity index (χ0v) is 11.4. The highest BCUT2D eigenvalue weighted by molar-refractivity contribution is 5.95. The minimum absolute atomic E-state index is 0.0305. The maximum Gasteiger partial charge on any atom is 0.257 e. The number of aryl methyl sites for hydroxylation is 1. The first kappa shape index (κ1) is 13.1. The van der Waals surface area contributed by atoms with Gasteiger partial charge in [0.25, 0.3) is 5.91 Å². The Morgan fingerprint density at radius 2 is 2.17 bits per heavy atom. The zero-order valence-electron chi connectivity index (χ0n) is 11.4. The van der Waals surface area contributed by atoms with E-state index in [1.807, 2.05) is 21.0 Å². The van der Waals surface area contributed by atoms with Crippen LogP contribution in [0.5, 0.6) is 0 Å². The fourth-order valence-corrected chi connectivity index (χ4v) is 2.67. The Hall–Kier alpha value is -1.36. The molecule has 2 N–H and O–H groups in total. The number of nitrogens with two attached hydrogens (primary N) is 1. The number of hydrogen-bond donors (Lipinski definition) is 1. The van der Waals surface area contributed by atoms with Gasteiger partial charge in [-0.2, -0.15) is 5.10 Å². The lowest BCUT2D eigenvalue weighted by Crippen LogP contribution is -2.50. The van der Waals surface area contributed by atoms with Gasteiger partial charge in [-0.3, -0.25) is 9.48 Å². The number of carbonyl (C=O) groups excluding carboxylic acids is 1. The first-order chi connectivity index (χ1) is 8.52. The molecule has 0 spiro atoms. The summed E-state index contributed by atoms with van der Waals surface area (Å²) in [5, 5.41) is 4.12. The average molecular weight is 250 g/mol. The van der Waals surface area contributed by atoms with Crippen LogP contribution in [0.25, 0.3) is 0 Å². The Kier molecular flexibility index (Phi) is 3.71. The quantitative estimate of drug-likeness (QED) is 0.854. The van der Waals surface area contributed by atoms with Gasteiger partial charge in [0.1, 0.15) is 0 Å². The molecule has 0 aliphatic heterocycles. The molecule has 1 aliphatic rings. The van der Waals surface area contributed by atoms with E-state index in [9.17, 15) is 4.79 Å². The first-order valence-corrected chi connectivity index (χ1v) is 6.53. The molecule has 2 unspecified atom stereocenters. The van der Waals surface area contributed by atoms with Gasteiger partial charge >= 0.3 is 0 Å². The van der Waals surface area contributed by atoms with Crippen molar-refractivity contribution in [3.63, 3.8) is 0 Å². The third-order valence-electron chi connectivity index (χ3n) is 4.07. The Bertz CT molecular complexity index is 440. The highest BCUT2D eigenvalue weighted by atomic mass is 16.2. The molecule has 0 saturated heterocycles. The third-order valence-corrected chi connectivity index (χ3v) is 4.07. The maximum absolute atomic E-state index is 12.4. The predicted molar refractivity (Wildman–Crippen MR) is 70.3 cm³/mol. The fourth-order valence-electron chi connectivity index (χ4n) is 2.67. The lowest BCUT2D eigenvalue weighted by molar-refractivity contribution is 0.0671. The summed E-state index contributed by atoms with van der Waals surface area (Å²) in [7, 11) is 3.70. The molecule has 0 radical (unpaired) electrons. The van der Waals surface area contributed by atoms with Crippen LogP contribution < -0.4 is 5.73 Å². The van der Waals surface area contributed by atoms with E-state index in [0.29, 0.717) is 5.56 Å². The molecular formula is C13H22N4O. The van der Waals surface area contributed by atoms with E-state index in [0.717, 1.165) is 25.0 Å². The SMILES string of the molecule is Cc1c(C(=O)N(C)C2CCCCC2N)cnn1C. The fraction of sp³-hybridized carbons (Fsp3) is 0.692. The summed E-state index contributed by atoms with van der Waals surface area (Å²) in [6.45, 7) is 1.91. The number of aromatic nitrogens is 2. The Morgan fingerprint density at radius 3 is 2.72 bits per heavy atom. The largest absolute Gasteiger partial charge is 0.337 e. The zero-order chi connectivity index (χ0) is 13.3. The molecule has 1 aromatic heterocycles. The van der Waals surface area contributed by atoms with E-state index in [2.05, 4.69) is 5.10 Å². The molecule has 1 amide bonds. The molecule has 5 nitrogen and oxygen atoms in total. The van der Waals surface area contributed by atoms with Gasteiger partial charge in [0.2, 0.25) is 0 Å². The van der Waals surface area contributed by atoms with Gasteiger partial charge in [0.15, 0.2) is 0 Å². The molecule has 1 aromatic rings. The Morgan fingerprint density at radius 1 is 1.50 bits per heavy atom. The van der Waals surface area contributed by atoms with Crippen LogP contribution in [0.4, 0.5) is 0 Å². The van der Waals surface area contributed by atoms with Gasteiger partial charge in [0, 0.05) is 31.9 Å². The van der Waals surface area contributed by atoms with E-state index in [-0.39, 0.29) is 18.0 Å². The number of nitrogens with zero attached hydrogens (tertiary/aromatic N) is 3. The second kappa shape index (κ2) is 5.10. The molecule has 0 aromatic carbocycles. The standard InChI is InChI=1S/C13H22N4O/c1-9-10(8-15-17(9)3)13(18)16(2)12-7-5-4-6-11(12)14/h8,11-12H,4-7,14H2,1-3H3. The van der Waals surface area contributed by atoms with Gasteiger partial charge in [-0.25, -0.2) is 0 Å². The molecule has 100 valence electrons. The molecule has 5 heteroatoms. The highest BCUT2D eigenvalue weighted by Gasteiger charge is 2.29. The summed E-state index contributed by atoms with van der Waals surface area (Å²) in [5.74, 6) is 0.0305. The van der Waals surface area contributed by atoms with Crippen LogP contribution in [0.1, 0.15) is 41.7 Å². The lowest BCUT2D eigenvalue weighted by Gasteiger charge is -2.36. The summed E-state index contributed by atoms with van der Waals surface area (Å²) in [5.41, 5.74) is 7.70. The van der Waals surface area contributed by atoms with Crippen molar-refractivity contribution in [1.29, 1.82) is 0 Å². The van der Waals surface area contributed by atoms with Crippen LogP contribution in [0.2, 0.25) is 0 Å². The normalized spacial score (nSPS) is 24.0. The van der Waals surface area contributed by atoms with Crippen LogP contribution >= 0.6 is 0 Å². The minimum atomic E-state index is 0.0305. The molecule has 1 aliphatic carbocycles. The van der Waals surface area contributed by atoms with Crippen molar-refractivity contribution in [1.82, 2.24) is 14.7 Å². The van der Waals surface area contributed by atoms with Gasteiger partial charge in [-0.15, -0.1) is 0 Å². The van der Waals surface area contributed by atoms with E-state index < -0.39 is 0 Å². The molecule has 1 saturated carbocycles. The van der Waals surface area contributed by atoms with Crippen molar-refractivity contribution in [3.05, 3.63) is 17.5 Å². The van der Waals surface area contributed by atoms with Gasteiger partial charge < -0.3 is 10.6 Å². The first-order valence-electron chi connectivity index (χ1n) is 6.53. The number of likely N-dealkylation sites (N-methyl/N-ethyl adjacent to an activating group) is 1.